The van der Waals surface area contributed by atoms with Crippen LogP contribution >= 0.6 is 0 Å². The Morgan fingerprint density at radius 3 is 2.79 bits per heavy atom. The maximum atomic E-state index is 10.5. The van der Waals surface area contributed by atoms with Crippen LogP contribution in [0.1, 0.15) is 25.0 Å². The number of rotatable bonds is 4. The minimum absolute atomic E-state index is 0.0229. The van der Waals surface area contributed by atoms with Crippen LogP contribution in [0.4, 0.5) is 0 Å². The summed E-state index contributed by atoms with van der Waals surface area (Å²) >= 11 is 0. The van der Waals surface area contributed by atoms with Gasteiger partial charge in [0.05, 0.1) is 13.5 Å². The molecule has 1 heterocycles. The molecular formula is C9H12N2O3. The maximum Gasteiger partial charge on any atom is 0.304 e. The van der Waals surface area contributed by atoms with Crippen molar-refractivity contribution in [3.05, 3.63) is 18.1 Å². The Morgan fingerprint density at radius 1 is 1.57 bits per heavy atom. The molecule has 1 aromatic rings. The van der Waals surface area contributed by atoms with Crippen molar-refractivity contribution in [3.8, 4) is 5.88 Å². The SMILES string of the molecule is COc1nccnc1C(C)CC(=O)O. The summed E-state index contributed by atoms with van der Waals surface area (Å²) in [4.78, 5) is 18.5. The minimum atomic E-state index is -0.856. The van der Waals surface area contributed by atoms with Crippen LogP contribution in [0.3, 0.4) is 0 Å². The van der Waals surface area contributed by atoms with Gasteiger partial charge in [0.25, 0.3) is 0 Å². The molecule has 0 aliphatic rings. The molecule has 5 nitrogen and oxygen atoms in total. The van der Waals surface area contributed by atoms with E-state index in [1.54, 1.807) is 6.92 Å². The van der Waals surface area contributed by atoms with Crippen LogP contribution in [0.15, 0.2) is 12.4 Å². The van der Waals surface area contributed by atoms with Gasteiger partial charge < -0.3 is 9.84 Å². The van der Waals surface area contributed by atoms with Gasteiger partial charge in [-0.15, -0.1) is 0 Å². The van der Waals surface area contributed by atoms with Crippen molar-refractivity contribution >= 4 is 5.97 Å². The van der Waals surface area contributed by atoms with E-state index in [0.29, 0.717) is 11.6 Å². The van der Waals surface area contributed by atoms with E-state index in [1.807, 2.05) is 0 Å². The molecule has 0 amide bonds. The summed E-state index contributed by atoms with van der Waals surface area (Å²) < 4.78 is 4.98. The third kappa shape index (κ3) is 2.42. The van der Waals surface area contributed by atoms with Crippen molar-refractivity contribution < 1.29 is 14.6 Å². The van der Waals surface area contributed by atoms with Gasteiger partial charge in [0.2, 0.25) is 5.88 Å². The van der Waals surface area contributed by atoms with Gasteiger partial charge in [-0.3, -0.25) is 9.78 Å². The quantitative estimate of drug-likeness (QED) is 0.779. The number of hydrogen-bond donors (Lipinski definition) is 1. The highest BCUT2D eigenvalue weighted by atomic mass is 16.5. The first-order chi connectivity index (χ1) is 6.65. The zero-order chi connectivity index (χ0) is 10.6. The van der Waals surface area contributed by atoms with Gasteiger partial charge in [0.15, 0.2) is 0 Å². The Balaban J connectivity index is 2.87. The van der Waals surface area contributed by atoms with E-state index < -0.39 is 5.97 Å². The normalized spacial score (nSPS) is 12.1. The Bertz CT molecular complexity index is 328. The number of aromatic nitrogens is 2. The predicted molar refractivity (Wildman–Crippen MR) is 49.3 cm³/mol. The van der Waals surface area contributed by atoms with E-state index in [4.69, 9.17) is 9.84 Å². The first kappa shape index (κ1) is 10.4. The largest absolute Gasteiger partial charge is 0.481 e. The van der Waals surface area contributed by atoms with Gasteiger partial charge in [-0.05, 0) is 0 Å². The van der Waals surface area contributed by atoms with Gasteiger partial charge in [0.1, 0.15) is 5.69 Å². The van der Waals surface area contributed by atoms with E-state index in [0.717, 1.165) is 0 Å². The molecule has 0 aromatic carbocycles. The Morgan fingerprint density at radius 2 is 2.21 bits per heavy atom. The number of carboxylic acid groups (broad SMARTS) is 1. The second-order valence-corrected chi connectivity index (χ2v) is 2.95. The smallest absolute Gasteiger partial charge is 0.304 e. The van der Waals surface area contributed by atoms with Crippen molar-refractivity contribution in [1.82, 2.24) is 9.97 Å². The van der Waals surface area contributed by atoms with E-state index in [1.165, 1.54) is 19.5 Å². The third-order valence-electron chi connectivity index (χ3n) is 1.83. The summed E-state index contributed by atoms with van der Waals surface area (Å²) in [6, 6.07) is 0. The van der Waals surface area contributed by atoms with Crippen molar-refractivity contribution in [3.63, 3.8) is 0 Å². The summed E-state index contributed by atoms with van der Waals surface area (Å²) in [5, 5.41) is 8.62. The standard InChI is InChI=1S/C9H12N2O3/c1-6(5-7(12)13)8-9(14-2)11-4-3-10-8/h3-4,6H,5H2,1-2H3,(H,12,13). The van der Waals surface area contributed by atoms with Crippen LogP contribution in [-0.4, -0.2) is 28.2 Å². The molecule has 1 rings (SSSR count). The molecular weight excluding hydrogens is 184 g/mol. The fourth-order valence-electron chi connectivity index (χ4n) is 1.19. The molecule has 0 saturated carbocycles. The number of methoxy groups -OCH3 is 1. The lowest BCUT2D eigenvalue weighted by Gasteiger charge is -2.10. The first-order valence-corrected chi connectivity index (χ1v) is 4.21. The minimum Gasteiger partial charge on any atom is -0.481 e. The molecule has 1 N–H and O–H groups in total. The van der Waals surface area contributed by atoms with E-state index in [-0.39, 0.29) is 12.3 Å². The van der Waals surface area contributed by atoms with Crippen LogP contribution in [0.5, 0.6) is 5.88 Å². The molecule has 5 heteroatoms. The van der Waals surface area contributed by atoms with Gasteiger partial charge >= 0.3 is 5.97 Å². The number of hydrogen-bond acceptors (Lipinski definition) is 4. The summed E-state index contributed by atoms with van der Waals surface area (Å²) in [5.74, 6) is -0.664. The highest BCUT2D eigenvalue weighted by molar-refractivity contribution is 5.67. The topological polar surface area (TPSA) is 72.3 Å². The van der Waals surface area contributed by atoms with Gasteiger partial charge in [-0.1, -0.05) is 6.92 Å². The van der Waals surface area contributed by atoms with Crippen LogP contribution in [0, 0.1) is 0 Å². The van der Waals surface area contributed by atoms with Crippen LogP contribution < -0.4 is 4.74 Å². The Labute approximate surface area is 81.8 Å². The lowest BCUT2D eigenvalue weighted by molar-refractivity contribution is -0.137. The number of carbonyl (C=O) groups is 1. The summed E-state index contributed by atoms with van der Waals surface area (Å²) in [5.41, 5.74) is 0.581. The second-order valence-electron chi connectivity index (χ2n) is 2.95. The number of ether oxygens (including phenoxy) is 1. The molecule has 0 spiro atoms. The number of nitrogens with zero attached hydrogens (tertiary/aromatic N) is 2. The molecule has 0 aliphatic heterocycles. The highest BCUT2D eigenvalue weighted by Crippen LogP contribution is 2.23. The average molecular weight is 196 g/mol. The summed E-state index contributed by atoms with van der Waals surface area (Å²) in [7, 11) is 1.49. The zero-order valence-electron chi connectivity index (χ0n) is 8.10. The van der Waals surface area contributed by atoms with Crippen LogP contribution in [0.25, 0.3) is 0 Å². The maximum absolute atomic E-state index is 10.5. The lowest BCUT2D eigenvalue weighted by Crippen LogP contribution is -2.07. The predicted octanol–water partition coefficient (Wildman–Crippen LogP) is 1.06. The third-order valence-corrected chi connectivity index (χ3v) is 1.83. The molecule has 0 radical (unpaired) electrons. The van der Waals surface area contributed by atoms with Gasteiger partial charge in [0, 0.05) is 18.3 Å². The highest BCUT2D eigenvalue weighted by Gasteiger charge is 2.16. The fraction of sp³-hybridized carbons (Fsp3) is 0.444. The van der Waals surface area contributed by atoms with E-state index in [2.05, 4.69) is 9.97 Å². The lowest BCUT2D eigenvalue weighted by atomic mass is 10.0. The second kappa shape index (κ2) is 4.55. The molecule has 1 atom stereocenters. The van der Waals surface area contributed by atoms with E-state index >= 15 is 0 Å². The van der Waals surface area contributed by atoms with E-state index in [9.17, 15) is 4.79 Å². The van der Waals surface area contributed by atoms with Crippen molar-refractivity contribution in [1.29, 1.82) is 0 Å². The van der Waals surface area contributed by atoms with Crippen LogP contribution in [-0.2, 0) is 4.79 Å². The molecule has 1 unspecified atom stereocenters. The summed E-state index contributed by atoms with van der Waals surface area (Å²) in [6.07, 6.45) is 3.06. The van der Waals surface area contributed by atoms with Gasteiger partial charge in [-0.25, -0.2) is 4.98 Å². The average Bonchev–Trinajstić information content (AvgIpc) is 2.16. The summed E-state index contributed by atoms with van der Waals surface area (Å²) in [6.45, 7) is 1.78. The molecule has 0 fully saturated rings. The molecule has 76 valence electrons. The zero-order valence-corrected chi connectivity index (χ0v) is 8.10. The number of aliphatic carboxylic acids is 1. The Hall–Kier alpha value is -1.65. The van der Waals surface area contributed by atoms with Crippen molar-refractivity contribution in [2.75, 3.05) is 7.11 Å². The number of carboxylic acids is 1. The van der Waals surface area contributed by atoms with Crippen molar-refractivity contribution in [2.45, 2.75) is 19.3 Å². The first-order valence-electron chi connectivity index (χ1n) is 4.21. The molecule has 0 bridgehead atoms. The van der Waals surface area contributed by atoms with Gasteiger partial charge in [-0.2, -0.15) is 0 Å². The Kier molecular flexibility index (Phi) is 3.39. The molecule has 0 aliphatic carbocycles. The fourth-order valence-corrected chi connectivity index (χ4v) is 1.19. The monoisotopic (exact) mass is 196 g/mol. The molecule has 0 saturated heterocycles. The molecule has 1 aromatic heterocycles. The van der Waals surface area contributed by atoms with Crippen LogP contribution in [0.2, 0.25) is 0 Å². The van der Waals surface area contributed by atoms with Crippen molar-refractivity contribution in [2.24, 2.45) is 0 Å². The molecule has 14 heavy (non-hydrogen) atoms.